The standard InChI is InChI=1S/C27H24ClN3O3/c1-3-34-21-14-13-18(15-22(21)33-2)26-23-24(17-9-5-4-6-10-17)29-30-25(23)27(32)31(26)16-19-11-7-8-12-20(19)28/h4-15,26H,3,16H2,1-2H3,(H,29,30). The summed E-state index contributed by atoms with van der Waals surface area (Å²) < 4.78 is 11.3. The van der Waals surface area contributed by atoms with E-state index in [4.69, 9.17) is 21.1 Å². The number of carbonyl (C=O) groups excluding carboxylic acids is 1. The minimum atomic E-state index is -0.377. The van der Waals surface area contributed by atoms with Gasteiger partial charge in [-0.3, -0.25) is 9.89 Å². The Labute approximate surface area is 203 Å². The van der Waals surface area contributed by atoms with Crippen LogP contribution in [-0.4, -0.2) is 34.7 Å². The van der Waals surface area contributed by atoms with Gasteiger partial charge in [-0.15, -0.1) is 0 Å². The maximum atomic E-state index is 13.6. The van der Waals surface area contributed by atoms with Gasteiger partial charge in [0.25, 0.3) is 5.91 Å². The summed E-state index contributed by atoms with van der Waals surface area (Å²) in [7, 11) is 1.61. The number of methoxy groups -OCH3 is 1. The van der Waals surface area contributed by atoms with Crippen LogP contribution in [0.25, 0.3) is 11.3 Å². The monoisotopic (exact) mass is 473 g/mol. The molecule has 0 radical (unpaired) electrons. The summed E-state index contributed by atoms with van der Waals surface area (Å²) in [6, 6.07) is 22.9. The maximum Gasteiger partial charge on any atom is 0.273 e. The lowest BCUT2D eigenvalue weighted by Crippen LogP contribution is -2.29. The first-order valence-corrected chi connectivity index (χ1v) is 11.5. The molecular formula is C27H24ClN3O3. The third-order valence-electron chi connectivity index (χ3n) is 6.01. The van der Waals surface area contributed by atoms with Gasteiger partial charge in [-0.25, -0.2) is 0 Å². The highest BCUT2D eigenvalue weighted by molar-refractivity contribution is 6.31. The topological polar surface area (TPSA) is 67.5 Å². The molecule has 2 heterocycles. The van der Waals surface area contributed by atoms with Crippen molar-refractivity contribution in [1.29, 1.82) is 0 Å². The smallest absolute Gasteiger partial charge is 0.273 e. The van der Waals surface area contributed by atoms with E-state index in [9.17, 15) is 4.79 Å². The molecule has 6 nitrogen and oxygen atoms in total. The largest absolute Gasteiger partial charge is 0.493 e. The molecule has 0 saturated carbocycles. The molecule has 1 aliphatic heterocycles. The van der Waals surface area contributed by atoms with E-state index in [1.54, 1.807) is 7.11 Å². The van der Waals surface area contributed by atoms with Gasteiger partial charge < -0.3 is 14.4 Å². The third-order valence-corrected chi connectivity index (χ3v) is 6.38. The van der Waals surface area contributed by atoms with Crippen LogP contribution in [0.15, 0.2) is 72.8 Å². The number of carbonyl (C=O) groups is 1. The van der Waals surface area contributed by atoms with Gasteiger partial charge in [0.15, 0.2) is 11.5 Å². The number of rotatable bonds is 7. The van der Waals surface area contributed by atoms with Gasteiger partial charge in [-0.05, 0) is 36.2 Å². The lowest BCUT2D eigenvalue weighted by molar-refractivity contribution is 0.0730. The molecule has 5 rings (SSSR count). The van der Waals surface area contributed by atoms with E-state index in [1.165, 1.54) is 0 Å². The van der Waals surface area contributed by atoms with Gasteiger partial charge >= 0.3 is 0 Å². The molecule has 0 fully saturated rings. The highest BCUT2D eigenvalue weighted by Gasteiger charge is 2.42. The van der Waals surface area contributed by atoms with Crippen molar-refractivity contribution in [2.75, 3.05) is 13.7 Å². The van der Waals surface area contributed by atoms with Crippen LogP contribution < -0.4 is 9.47 Å². The van der Waals surface area contributed by atoms with E-state index < -0.39 is 0 Å². The van der Waals surface area contributed by atoms with Crippen molar-refractivity contribution in [1.82, 2.24) is 15.1 Å². The Balaban J connectivity index is 1.66. The van der Waals surface area contributed by atoms with Crippen molar-refractivity contribution in [2.24, 2.45) is 0 Å². The molecule has 0 bridgehead atoms. The van der Waals surface area contributed by atoms with E-state index in [1.807, 2.05) is 84.6 Å². The highest BCUT2D eigenvalue weighted by atomic mass is 35.5. The number of nitrogens with one attached hydrogen (secondary N) is 1. The molecular weight excluding hydrogens is 450 g/mol. The van der Waals surface area contributed by atoms with Gasteiger partial charge in [0.1, 0.15) is 5.69 Å². The number of H-pyrrole nitrogens is 1. The lowest BCUT2D eigenvalue weighted by Gasteiger charge is -2.27. The van der Waals surface area contributed by atoms with Crippen LogP contribution in [0.5, 0.6) is 11.5 Å². The third kappa shape index (κ3) is 3.80. The number of aromatic amines is 1. The lowest BCUT2D eigenvalue weighted by atomic mass is 9.95. The number of nitrogens with zero attached hydrogens (tertiary/aromatic N) is 2. The minimum Gasteiger partial charge on any atom is -0.493 e. The Kier molecular flexibility index (Phi) is 5.99. The summed E-state index contributed by atoms with van der Waals surface area (Å²) in [5.74, 6) is 1.15. The van der Waals surface area contributed by atoms with Crippen molar-refractivity contribution in [2.45, 2.75) is 19.5 Å². The number of ether oxygens (including phenoxy) is 2. The molecule has 34 heavy (non-hydrogen) atoms. The Morgan fingerprint density at radius 3 is 2.53 bits per heavy atom. The number of benzene rings is 3. The number of hydrogen-bond donors (Lipinski definition) is 1. The van der Waals surface area contributed by atoms with Crippen LogP contribution in [0.1, 0.15) is 40.1 Å². The second-order valence-corrected chi connectivity index (χ2v) is 8.40. The predicted molar refractivity (Wildman–Crippen MR) is 131 cm³/mol. The SMILES string of the molecule is CCOc1ccc(C2c3c(-c4ccccc4)n[nH]c3C(=O)N2Cc2ccccc2Cl)cc1OC. The van der Waals surface area contributed by atoms with Crippen molar-refractivity contribution in [3.63, 3.8) is 0 Å². The molecule has 1 aromatic heterocycles. The van der Waals surface area contributed by atoms with Crippen molar-refractivity contribution >= 4 is 17.5 Å². The molecule has 1 atom stereocenters. The zero-order valence-electron chi connectivity index (χ0n) is 18.9. The molecule has 3 aromatic carbocycles. The fourth-order valence-corrected chi connectivity index (χ4v) is 4.66. The normalized spacial score (nSPS) is 14.9. The van der Waals surface area contributed by atoms with Crippen LogP contribution >= 0.6 is 11.6 Å². The van der Waals surface area contributed by atoms with Gasteiger partial charge in [0, 0.05) is 22.7 Å². The Hall–Kier alpha value is -3.77. The summed E-state index contributed by atoms with van der Waals surface area (Å²) in [5.41, 5.74) is 4.80. The molecule has 7 heteroatoms. The van der Waals surface area contributed by atoms with Crippen molar-refractivity contribution in [3.05, 3.63) is 100 Å². The molecule has 0 spiro atoms. The molecule has 0 saturated heterocycles. The number of hydrogen-bond acceptors (Lipinski definition) is 4. The zero-order chi connectivity index (χ0) is 23.7. The minimum absolute atomic E-state index is 0.123. The Morgan fingerprint density at radius 1 is 1.03 bits per heavy atom. The molecule has 172 valence electrons. The molecule has 1 aliphatic rings. The van der Waals surface area contributed by atoms with Crippen molar-refractivity contribution in [3.8, 4) is 22.8 Å². The van der Waals surface area contributed by atoms with E-state index >= 15 is 0 Å². The first kappa shape index (κ1) is 22.0. The predicted octanol–water partition coefficient (Wildman–Crippen LogP) is 5.88. The van der Waals surface area contributed by atoms with Gasteiger partial charge in [-0.1, -0.05) is 66.2 Å². The van der Waals surface area contributed by atoms with E-state index in [0.29, 0.717) is 35.4 Å². The summed E-state index contributed by atoms with van der Waals surface area (Å²) in [6.07, 6.45) is 0. The number of aromatic nitrogens is 2. The molecule has 1 N–H and O–H groups in total. The highest BCUT2D eigenvalue weighted by Crippen LogP contribution is 2.45. The molecule has 1 unspecified atom stereocenters. The Bertz CT molecular complexity index is 1340. The molecule has 4 aromatic rings. The van der Waals surface area contributed by atoms with Crippen LogP contribution in [0.4, 0.5) is 0 Å². The van der Waals surface area contributed by atoms with Gasteiger partial charge in [0.05, 0.1) is 25.5 Å². The van der Waals surface area contributed by atoms with Gasteiger partial charge in [0.2, 0.25) is 0 Å². The number of fused-ring (bicyclic) bond motifs is 1. The average molecular weight is 474 g/mol. The number of halogens is 1. The van der Waals surface area contributed by atoms with Crippen LogP contribution in [-0.2, 0) is 6.54 Å². The Morgan fingerprint density at radius 2 is 1.79 bits per heavy atom. The number of amides is 1. The summed E-state index contributed by atoms with van der Waals surface area (Å²) in [6.45, 7) is 2.81. The summed E-state index contributed by atoms with van der Waals surface area (Å²) in [4.78, 5) is 15.4. The van der Waals surface area contributed by atoms with Crippen LogP contribution in [0, 0.1) is 0 Å². The van der Waals surface area contributed by atoms with Crippen molar-refractivity contribution < 1.29 is 14.3 Å². The van der Waals surface area contributed by atoms with Crippen LogP contribution in [0.2, 0.25) is 5.02 Å². The van der Waals surface area contributed by atoms with Gasteiger partial charge in [-0.2, -0.15) is 5.10 Å². The first-order chi connectivity index (χ1) is 16.6. The first-order valence-electron chi connectivity index (χ1n) is 11.1. The average Bonchev–Trinajstić information content (AvgIpc) is 3.41. The van der Waals surface area contributed by atoms with E-state index in [0.717, 1.165) is 27.9 Å². The summed E-state index contributed by atoms with van der Waals surface area (Å²) >= 11 is 6.47. The zero-order valence-corrected chi connectivity index (χ0v) is 19.7. The van der Waals surface area contributed by atoms with E-state index in [-0.39, 0.29) is 11.9 Å². The second-order valence-electron chi connectivity index (χ2n) is 8.00. The second kappa shape index (κ2) is 9.23. The maximum absolute atomic E-state index is 13.6. The fraction of sp³-hybridized carbons (Fsp3) is 0.185. The summed E-state index contributed by atoms with van der Waals surface area (Å²) in [5, 5.41) is 8.14. The quantitative estimate of drug-likeness (QED) is 0.364. The van der Waals surface area contributed by atoms with Crippen LogP contribution in [0.3, 0.4) is 0 Å². The van der Waals surface area contributed by atoms with E-state index in [2.05, 4.69) is 10.2 Å². The fourth-order valence-electron chi connectivity index (χ4n) is 4.46. The molecule has 1 amide bonds. The molecule has 0 aliphatic carbocycles.